The van der Waals surface area contributed by atoms with E-state index in [1.807, 2.05) is 0 Å². The Morgan fingerprint density at radius 1 is 1.08 bits per heavy atom. The van der Waals surface area contributed by atoms with Gasteiger partial charge in [0.1, 0.15) is 12.1 Å². The average molecular weight is 524 g/mol. The summed E-state index contributed by atoms with van der Waals surface area (Å²) >= 11 is 0. The first kappa shape index (κ1) is 24.7. The molecule has 38 heavy (non-hydrogen) atoms. The quantitative estimate of drug-likeness (QED) is 0.353. The number of nitrogen functional groups attached to an aromatic ring is 1. The molecule has 14 heteroatoms. The van der Waals surface area contributed by atoms with Crippen LogP contribution in [-0.2, 0) is 19.8 Å². The van der Waals surface area contributed by atoms with Crippen molar-refractivity contribution in [2.45, 2.75) is 12.7 Å². The second-order valence-corrected chi connectivity index (χ2v) is 8.36. The third kappa shape index (κ3) is 4.36. The third-order valence-electron chi connectivity index (χ3n) is 5.96. The van der Waals surface area contributed by atoms with E-state index in [1.165, 1.54) is 13.1 Å². The highest BCUT2D eigenvalue weighted by Crippen LogP contribution is 2.30. The van der Waals surface area contributed by atoms with Crippen molar-refractivity contribution in [1.29, 1.82) is 0 Å². The Kier molecular flexibility index (Phi) is 5.93. The average Bonchev–Trinajstić information content (AvgIpc) is 3.57. The van der Waals surface area contributed by atoms with Crippen molar-refractivity contribution in [2.24, 2.45) is 7.05 Å². The predicted octanol–water partition coefficient (Wildman–Crippen LogP) is 3.44. The highest BCUT2D eigenvalue weighted by Gasteiger charge is 2.31. The monoisotopic (exact) mass is 524 g/mol. The highest BCUT2D eigenvalue weighted by atomic mass is 19.4. The fourth-order valence-corrected chi connectivity index (χ4v) is 3.99. The number of aryl methyl sites for hydroxylation is 1. The number of rotatable bonds is 4. The van der Waals surface area contributed by atoms with E-state index < -0.39 is 23.6 Å². The Morgan fingerprint density at radius 3 is 2.53 bits per heavy atom. The molecule has 0 saturated carbocycles. The molecular weight excluding hydrogens is 505 g/mol. The lowest BCUT2D eigenvalue weighted by molar-refractivity contribution is -0.137. The molecule has 4 heterocycles. The van der Waals surface area contributed by atoms with Crippen LogP contribution in [-0.4, -0.2) is 53.6 Å². The van der Waals surface area contributed by atoms with E-state index in [4.69, 9.17) is 10.2 Å². The third-order valence-corrected chi connectivity index (χ3v) is 5.96. The van der Waals surface area contributed by atoms with E-state index >= 15 is 0 Å². The molecule has 0 aliphatic carbocycles. The zero-order chi connectivity index (χ0) is 27.2. The van der Waals surface area contributed by atoms with Gasteiger partial charge in [-0.05, 0) is 30.3 Å². The van der Waals surface area contributed by atoms with Crippen LogP contribution in [0.1, 0.15) is 32.1 Å². The number of pyridine rings is 2. The molecule has 2 N–H and O–H groups in total. The number of hydrogen-bond donors (Lipinski definition) is 1. The SMILES string of the molecule is CN(C(=O)c1cocn1)N(Cc1ccc(C(F)(F)F)cn1)C(=O)c1ccc2nc(N)c3cnn(C)c3c2c1. The second kappa shape index (κ2) is 9.14. The van der Waals surface area contributed by atoms with Gasteiger partial charge in [0.15, 0.2) is 12.1 Å². The Balaban J connectivity index is 1.56. The number of halogens is 3. The predicted molar refractivity (Wildman–Crippen MR) is 128 cm³/mol. The summed E-state index contributed by atoms with van der Waals surface area (Å²) in [6.07, 6.45) is -0.156. The largest absolute Gasteiger partial charge is 0.451 e. The molecule has 0 saturated heterocycles. The number of amides is 2. The first-order valence-corrected chi connectivity index (χ1v) is 11.1. The van der Waals surface area contributed by atoms with Crippen LogP contribution in [0.2, 0.25) is 0 Å². The smallest absolute Gasteiger partial charge is 0.417 e. The second-order valence-electron chi connectivity index (χ2n) is 8.36. The van der Waals surface area contributed by atoms with Crippen LogP contribution < -0.4 is 5.73 Å². The maximum absolute atomic E-state index is 13.8. The summed E-state index contributed by atoms with van der Waals surface area (Å²) in [5.41, 5.74) is 6.53. The van der Waals surface area contributed by atoms with E-state index in [0.29, 0.717) is 28.0 Å². The van der Waals surface area contributed by atoms with Crippen molar-refractivity contribution >= 4 is 39.4 Å². The minimum absolute atomic E-state index is 0.0690. The Labute approximate surface area is 212 Å². The number of anilines is 1. The molecule has 5 aromatic rings. The summed E-state index contributed by atoms with van der Waals surface area (Å²) in [6, 6.07) is 6.72. The molecule has 0 radical (unpaired) electrons. The van der Waals surface area contributed by atoms with Crippen molar-refractivity contribution in [3.05, 3.63) is 77.9 Å². The van der Waals surface area contributed by atoms with Crippen LogP contribution >= 0.6 is 0 Å². The van der Waals surface area contributed by atoms with Crippen LogP contribution in [0.5, 0.6) is 0 Å². The fraction of sp³-hybridized carbons (Fsp3) is 0.167. The number of benzene rings is 1. The van der Waals surface area contributed by atoms with Gasteiger partial charge in [-0.3, -0.25) is 19.3 Å². The standard InChI is InChI=1S/C24H19F3N8O3/c1-33-20-16-7-13(3-6-18(16)32-21(28)17(20)9-31-33)22(36)35(34(2)23(37)19-11-38-12-30-19)10-15-5-4-14(8-29-15)24(25,26)27/h3-9,11-12H,10H2,1-2H3,(H2,28,32). The number of carbonyl (C=O) groups excluding carboxylic acids is 2. The number of aromatic nitrogens is 5. The molecule has 0 fully saturated rings. The molecule has 0 unspecified atom stereocenters. The summed E-state index contributed by atoms with van der Waals surface area (Å²) < 4.78 is 45.5. The van der Waals surface area contributed by atoms with Gasteiger partial charge in [0.05, 0.1) is 40.4 Å². The molecule has 4 aromatic heterocycles. The van der Waals surface area contributed by atoms with Gasteiger partial charge >= 0.3 is 6.18 Å². The number of fused-ring (bicyclic) bond motifs is 3. The lowest BCUT2D eigenvalue weighted by Crippen LogP contribution is -2.47. The molecule has 1 aromatic carbocycles. The molecule has 194 valence electrons. The van der Waals surface area contributed by atoms with Crippen molar-refractivity contribution in [3.8, 4) is 0 Å². The van der Waals surface area contributed by atoms with Gasteiger partial charge in [0, 0.05) is 31.2 Å². The molecule has 0 spiro atoms. The highest BCUT2D eigenvalue weighted by molar-refractivity contribution is 6.10. The van der Waals surface area contributed by atoms with Crippen molar-refractivity contribution in [2.75, 3.05) is 12.8 Å². The summed E-state index contributed by atoms with van der Waals surface area (Å²) in [5, 5.41) is 7.48. The minimum atomic E-state index is -4.57. The molecule has 5 rings (SSSR count). The zero-order valence-electron chi connectivity index (χ0n) is 20.0. The number of carbonyl (C=O) groups is 2. The van der Waals surface area contributed by atoms with Crippen LogP contribution in [0.4, 0.5) is 19.0 Å². The van der Waals surface area contributed by atoms with Crippen LogP contribution in [0.3, 0.4) is 0 Å². The normalized spacial score (nSPS) is 11.7. The van der Waals surface area contributed by atoms with Gasteiger partial charge < -0.3 is 10.2 Å². The first-order chi connectivity index (χ1) is 18.0. The number of alkyl halides is 3. The van der Waals surface area contributed by atoms with E-state index in [1.54, 1.807) is 30.1 Å². The number of nitrogens with zero attached hydrogens (tertiary/aromatic N) is 7. The maximum atomic E-state index is 13.8. The summed E-state index contributed by atoms with van der Waals surface area (Å²) in [6.45, 7) is -0.309. The van der Waals surface area contributed by atoms with Gasteiger partial charge in [-0.2, -0.15) is 18.3 Å². The molecule has 0 aliphatic rings. The van der Waals surface area contributed by atoms with E-state index in [2.05, 4.69) is 20.1 Å². The topological polar surface area (TPSA) is 136 Å². The van der Waals surface area contributed by atoms with E-state index in [-0.39, 0.29) is 29.3 Å². The van der Waals surface area contributed by atoms with Gasteiger partial charge in [-0.1, -0.05) is 0 Å². The Morgan fingerprint density at radius 2 is 1.87 bits per heavy atom. The maximum Gasteiger partial charge on any atom is 0.417 e. The van der Waals surface area contributed by atoms with E-state index in [9.17, 15) is 22.8 Å². The molecule has 0 atom stereocenters. The molecule has 11 nitrogen and oxygen atoms in total. The van der Waals surface area contributed by atoms with Gasteiger partial charge in [-0.15, -0.1) is 0 Å². The summed E-state index contributed by atoms with van der Waals surface area (Å²) in [5.74, 6) is -1.02. The lowest BCUT2D eigenvalue weighted by Gasteiger charge is -2.31. The minimum Gasteiger partial charge on any atom is -0.451 e. The number of hydrogen-bond acceptors (Lipinski definition) is 8. The summed E-state index contributed by atoms with van der Waals surface area (Å²) in [4.78, 5) is 38.8. The molecule has 0 aliphatic heterocycles. The van der Waals surface area contributed by atoms with Crippen molar-refractivity contribution in [1.82, 2.24) is 34.8 Å². The Bertz CT molecular complexity index is 1660. The molecule has 0 bridgehead atoms. The van der Waals surface area contributed by atoms with Crippen molar-refractivity contribution in [3.63, 3.8) is 0 Å². The van der Waals surface area contributed by atoms with Gasteiger partial charge in [0.2, 0.25) is 0 Å². The van der Waals surface area contributed by atoms with Gasteiger partial charge in [0.25, 0.3) is 11.8 Å². The van der Waals surface area contributed by atoms with Crippen LogP contribution in [0.25, 0.3) is 21.8 Å². The van der Waals surface area contributed by atoms with Crippen LogP contribution in [0.15, 0.2) is 59.8 Å². The zero-order valence-corrected chi connectivity index (χ0v) is 20.0. The molecule has 2 amide bonds. The number of hydrazine groups is 1. The van der Waals surface area contributed by atoms with Gasteiger partial charge in [-0.25, -0.2) is 20.0 Å². The lowest BCUT2D eigenvalue weighted by atomic mass is 10.1. The van der Waals surface area contributed by atoms with E-state index in [0.717, 1.165) is 34.8 Å². The fourth-order valence-electron chi connectivity index (χ4n) is 3.99. The summed E-state index contributed by atoms with van der Waals surface area (Å²) in [7, 11) is 3.06. The van der Waals surface area contributed by atoms with Crippen LogP contribution in [0, 0.1) is 0 Å². The number of oxazole rings is 1. The van der Waals surface area contributed by atoms with Crippen molar-refractivity contribution < 1.29 is 27.2 Å². The Hall–Kier alpha value is -5.01. The number of nitrogens with two attached hydrogens (primary N) is 1. The first-order valence-electron chi connectivity index (χ1n) is 11.1. The molecular formula is C24H19F3N8O3.